The fourth-order valence-electron chi connectivity index (χ4n) is 1.93. The molecule has 2 heteroatoms. The Hall–Kier alpha value is -2.25. The zero-order valence-corrected chi connectivity index (χ0v) is 12.8. The first kappa shape index (κ1) is 15.1. The minimum atomic E-state index is 0.729. The van der Waals surface area contributed by atoms with Crippen molar-refractivity contribution in [2.24, 2.45) is 0 Å². The lowest BCUT2D eigenvalue weighted by atomic mass is 10.0. The smallest absolute Gasteiger partial charge is 0.0463 e. The van der Waals surface area contributed by atoms with Gasteiger partial charge >= 0.3 is 0 Å². The number of allylic oxidation sites excluding steroid dienone is 5. The van der Waals surface area contributed by atoms with Crippen LogP contribution in [-0.4, -0.2) is 0 Å². The summed E-state index contributed by atoms with van der Waals surface area (Å²) in [6.45, 7) is 6.12. The minimum Gasteiger partial charge on any atom is -0.355 e. The summed E-state index contributed by atoms with van der Waals surface area (Å²) in [5, 5.41) is 4.13. The highest BCUT2D eigenvalue weighted by Gasteiger charge is 2.03. The normalized spacial score (nSPS) is 11.1. The van der Waals surface area contributed by atoms with Crippen LogP contribution >= 0.6 is 11.6 Å². The highest BCUT2D eigenvalue weighted by atomic mass is 35.5. The Kier molecular flexibility index (Phi) is 5.42. The Morgan fingerprint density at radius 2 is 1.76 bits per heavy atom. The van der Waals surface area contributed by atoms with Crippen LogP contribution in [0.4, 0.5) is 11.4 Å². The summed E-state index contributed by atoms with van der Waals surface area (Å²) in [7, 11) is 0. The van der Waals surface area contributed by atoms with Crippen molar-refractivity contribution in [3.05, 3.63) is 90.0 Å². The lowest BCUT2D eigenvalue weighted by Crippen LogP contribution is -1.94. The SMILES string of the molecule is C=C(/C=C\C=C/C)c1ccccc1Nc1ccc(Cl)cc1. The molecule has 0 bridgehead atoms. The molecule has 21 heavy (non-hydrogen) atoms. The van der Waals surface area contributed by atoms with Crippen LogP contribution in [0.2, 0.25) is 5.02 Å². The first-order valence-corrected chi connectivity index (χ1v) is 7.19. The largest absolute Gasteiger partial charge is 0.355 e. The maximum absolute atomic E-state index is 5.91. The van der Waals surface area contributed by atoms with Crippen LogP contribution in [0.1, 0.15) is 12.5 Å². The second-order valence-electron chi connectivity index (χ2n) is 4.59. The van der Waals surface area contributed by atoms with Crippen LogP contribution in [0.25, 0.3) is 5.57 Å². The number of nitrogens with one attached hydrogen (secondary N) is 1. The Labute approximate surface area is 131 Å². The molecular weight excluding hydrogens is 278 g/mol. The van der Waals surface area contributed by atoms with Crippen molar-refractivity contribution < 1.29 is 0 Å². The van der Waals surface area contributed by atoms with Crippen LogP contribution in [0.15, 0.2) is 79.4 Å². The first-order chi connectivity index (χ1) is 10.2. The second-order valence-corrected chi connectivity index (χ2v) is 5.02. The summed E-state index contributed by atoms with van der Waals surface area (Å²) < 4.78 is 0. The highest BCUT2D eigenvalue weighted by Crippen LogP contribution is 2.27. The average Bonchev–Trinajstić information content (AvgIpc) is 2.50. The van der Waals surface area contributed by atoms with Crippen LogP contribution in [0, 0.1) is 0 Å². The van der Waals surface area contributed by atoms with Crippen LogP contribution < -0.4 is 5.32 Å². The van der Waals surface area contributed by atoms with Gasteiger partial charge in [0.25, 0.3) is 0 Å². The standard InChI is InChI=1S/C19H18ClN/c1-3-4-5-8-15(2)18-9-6-7-10-19(18)21-17-13-11-16(20)12-14-17/h3-14,21H,2H2,1H3/b4-3-,8-5-. The summed E-state index contributed by atoms with van der Waals surface area (Å²) in [5.74, 6) is 0. The fraction of sp³-hybridized carbons (Fsp3) is 0.0526. The molecule has 0 fully saturated rings. The van der Waals surface area contributed by atoms with E-state index in [0.29, 0.717) is 0 Å². The molecule has 1 nitrogen and oxygen atoms in total. The van der Waals surface area contributed by atoms with Crippen LogP contribution in [-0.2, 0) is 0 Å². The summed E-state index contributed by atoms with van der Waals surface area (Å²) in [6.07, 6.45) is 7.96. The van der Waals surface area contributed by atoms with Crippen molar-refractivity contribution in [2.75, 3.05) is 5.32 Å². The van der Waals surface area contributed by atoms with Gasteiger partial charge in [0.05, 0.1) is 0 Å². The van der Waals surface area contributed by atoms with Gasteiger partial charge in [-0.15, -0.1) is 0 Å². The highest BCUT2D eigenvalue weighted by molar-refractivity contribution is 6.30. The van der Waals surface area contributed by atoms with Crippen molar-refractivity contribution in [3.63, 3.8) is 0 Å². The molecule has 0 aliphatic heterocycles. The molecule has 2 aromatic rings. The topological polar surface area (TPSA) is 12.0 Å². The maximum Gasteiger partial charge on any atom is 0.0463 e. The number of benzene rings is 2. The third-order valence-electron chi connectivity index (χ3n) is 3.00. The van der Waals surface area contributed by atoms with Gasteiger partial charge in [-0.1, -0.05) is 60.7 Å². The summed E-state index contributed by atoms with van der Waals surface area (Å²) in [4.78, 5) is 0. The third kappa shape index (κ3) is 4.37. The lowest BCUT2D eigenvalue weighted by molar-refractivity contribution is 1.52. The van der Waals surface area contributed by atoms with Gasteiger partial charge in [0.2, 0.25) is 0 Å². The quantitative estimate of drug-likeness (QED) is 0.645. The molecule has 106 valence electrons. The van der Waals surface area contributed by atoms with E-state index >= 15 is 0 Å². The summed E-state index contributed by atoms with van der Waals surface area (Å²) >= 11 is 5.91. The second kappa shape index (κ2) is 7.51. The van der Waals surface area contributed by atoms with Gasteiger partial charge in [-0.25, -0.2) is 0 Å². The number of hydrogen-bond donors (Lipinski definition) is 1. The number of hydrogen-bond acceptors (Lipinski definition) is 1. The van der Waals surface area contributed by atoms with Crippen LogP contribution in [0.3, 0.4) is 0 Å². The zero-order chi connectivity index (χ0) is 15.1. The molecule has 0 saturated heterocycles. The Balaban J connectivity index is 2.24. The van der Waals surface area contributed by atoms with E-state index in [-0.39, 0.29) is 0 Å². The van der Waals surface area contributed by atoms with Crippen molar-refractivity contribution in [2.45, 2.75) is 6.92 Å². The van der Waals surface area contributed by atoms with Crippen molar-refractivity contribution in [1.29, 1.82) is 0 Å². The minimum absolute atomic E-state index is 0.729. The van der Waals surface area contributed by atoms with Gasteiger partial charge in [-0.05, 0) is 42.8 Å². The summed E-state index contributed by atoms with van der Waals surface area (Å²) in [6, 6.07) is 15.8. The van der Waals surface area contributed by atoms with Gasteiger partial charge in [-0.2, -0.15) is 0 Å². The monoisotopic (exact) mass is 295 g/mol. The molecule has 0 unspecified atom stereocenters. The van der Waals surface area contributed by atoms with E-state index in [1.54, 1.807) is 0 Å². The molecule has 0 heterocycles. The van der Waals surface area contributed by atoms with Gasteiger partial charge in [0, 0.05) is 22.0 Å². The number of para-hydroxylation sites is 1. The maximum atomic E-state index is 5.91. The molecule has 0 spiro atoms. The first-order valence-electron chi connectivity index (χ1n) is 6.81. The molecular formula is C19H18ClN. The molecule has 0 saturated carbocycles. The van der Waals surface area contributed by atoms with Crippen LogP contribution in [0.5, 0.6) is 0 Å². The van der Waals surface area contributed by atoms with Gasteiger partial charge < -0.3 is 5.32 Å². The van der Waals surface area contributed by atoms with Gasteiger partial charge in [0.15, 0.2) is 0 Å². The molecule has 0 aliphatic carbocycles. The Bertz CT molecular complexity index is 666. The fourth-order valence-corrected chi connectivity index (χ4v) is 2.06. The van der Waals surface area contributed by atoms with Gasteiger partial charge in [-0.3, -0.25) is 0 Å². The van der Waals surface area contributed by atoms with E-state index < -0.39 is 0 Å². The lowest BCUT2D eigenvalue weighted by Gasteiger charge is -2.12. The van der Waals surface area contributed by atoms with Crippen molar-refractivity contribution >= 4 is 28.5 Å². The molecule has 2 rings (SSSR count). The molecule has 2 aromatic carbocycles. The van der Waals surface area contributed by atoms with E-state index in [2.05, 4.69) is 18.0 Å². The third-order valence-corrected chi connectivity index (χ3v) is 3.25. The van der Waals surface area contributed by atoms with E-state index in [1.807, 2.05) is 73.7 Å². The summed E-state index contributed by atoms with van der Waals surface area (Å²) in [5.41, 5.74) is 4.06. The molecule has 0 atom stereocenters. The Morgan fingerprint density at radius 3 is 2.48 bits per heavy atom. The van der Waals surface area contributed by atoms with E-state index in [9.17, 15) is 0 Å². The average molecular weight is 296 g/mol. The zero-order valence-electron chi connectivity index (χ0n) is 12.0. The van der Waals surface area contributed by atoms with Crippen molar-refractivity contribution in [3.8, 4) is 0 Å². The number of anilines is 2. The molecule has 0 radical (unpaired) electrons. The van der Waals surface area contributed by atoms with Crippen molar-refractivity contribution in [1.82, 2.24) is 0 Å². The predicted octanol–water partition coefficient (Wildman–Crippen LogP) is 6.23. The van der Waals surface area contributed by atoms with Gasteiger partial charge in [0.1, 0.15) is 0 Å². The van der Waals surface area contributed by atoms with E-state index in [4.69, 9.17) is 11.6 Å². The molecule has 1 N–H and O–H groups in total. The van der Waals surface area contributed by atoms with E-state index in [1.165, 1.54) is 0 Å². The molecule has 0 amide bonds. The van der Waals surface area contributed by atoms with E-state index in [0.717, 1.165) is 27.5 Å². The molecule has 0 aliphatic rings. The Morgan fingerprint density at radius 1 is 1.05 bits per heavy atom. The molecule has 0 aromatic heterocycles. The number of halogens is 1. The predicted molar refractivity (Wildman–Crippen MR) is 94.2 cm³/mol. The number of rotatable bonds is 5.